The number of nitrogens with zero attached hydrogens (tertiary/aromatic N) is 3. The van der Waals surface area contributed by atoms with Crippen LogP contribution in [0.15, 0.2) is 47.4 Å². The van der Waals surface area contributed by atoms with E-state index in [2.05, 4.69) is 30.5 Å². The maximum Gasteiger partial charge on any atom is 0.270 e. The van der Waals surface area contributed by atoms with E-state index in [4.69, 9.17) is 0 Å². The van der Waals surface area contributed by atoms with Gasteiger partial charge in [0.2, 0.25) is 0 Å². The van der Waals surface area contributed by atoms with Gasteiger partial charge < -0.3 is 31.7 Å². The lowest BCUT2D eigenvalue weighted by atomic mass is 10.1. The maximum absolute atomic E-state index is 12.6. The number of quaternary nitrogens is 1. The molecule has 1 aromatic carbocycles. The molecule has 3 rings (SSSR count). The van der Waals surface area contributed by atoms with Crippen LogP contribution in [0.4, 0.5) is 10.8 Å². The first kappa shape index (κ1) is 27.5. The fourth-order valence-corrected chi connectivity index (χ4v) is 5.08. The van der Waals surface area contributed by atoms with Crippen molar-refractivity contribution in [2.24, 2.45) is 0 Å². The first-order valence-corrected chi connectivity index (χ1v) is 12.8. The van der Waals surface area contributed by atoms with Gasteiger partial charge in [0.25, 0.3) is 5.91 Å². The van der Waals surface area contributed by atoms with Crippen LogP contribution in [-0.2, 0) is 0 Å². The third kappa shape index (κ3) is 9.22. The van der Waals surface area contributed by atoms with Crippen LogP contribution in [0.5, 0.6) is 0 Å². The minimum absolute atomic E-state index is 0. The van der Waals surface area contributed by atoms with E-state index < -0.39 is 0 Å². The minimum atomic E-state index is -0.0850. The van der Waals surface area contributed by atoms with Gasteiger partial charge in [-0.2, -0.15) is 0 Å². The molecule has 0 bridgehead atoms. The summed E-state index contributed by atoms with van der Waals surface area (Å²) in [6, 6.07) is 10.1. The normalized spacial score (nSPS) is 16.4. The van der Waals surface area contributed by atoms with Gasteiger partial charge in [-0.15, -0.1) is 11.3 Å². The summed E-state index contributed by atoms with van der Waals surface area (Å²) in [6.45, 7) is 2.85. The van der Waals surface area contributed by atoms with E-state index in [1.165, 1.54) is 56.3 Å². The number of aromatic nitrogens is 1. The zero-order valence-electron chi connectivity index (χ0n) is 20.4. The van der Waals surface area contributed by atoms with Crippen LogP contribution in [0.3, 0.4) is 0 Å². The van der Waals surface area contributed by atoms with Gasteiger partial charge in [0.05, 0.1) is 27.2 Å². The molecule has 1 N–H and O–H groups in total. The first-order chi connectivity index (χ1) is 15.4. The average molecular weight is 536 g/mol. The van der Waals surface area contributed by atoms with Crippen LogP contribution in [0.25, 0.3) is 0 Å². The summed E-state index contributed by atoms with van der Waals surface area (Å²) >= 11 is 1.49. The Labute approximate surface area is 214 Å². The lowest BCUT2D eigenvalue weighted by Gasteiger charge is -2.31. The molecule has 1 aliphatic carbocycles. The van der Waals surface area contributed by atoms with Crippen LogP contribution in [0, 0.1) is 0 Å². The van der Waals surface area contributed by atoms with Crippen molar-refractivity contribution in [3.63, 3.8) is 0 Å². The molecule has 0 radical (unpaired) electrons. The van der Waals surface area contributed by atoms with Gasteiger partial charge in [0.15, 0.2) is 5.13 Å². The molecule has 0 spiro atoms. The number of rotatable bonds is 9. The molecule has 0 fully saturated rings. The third-order valence-corrected chi connectivity index (χ3v) is 7.06. The summed E-state index contributed by atoms with van der Waals surface area (Å²) < 4.78 is 0.977. The highest BCUT2D eigenvalue weighted by Crippen LogP contribution is 2.26. The molecule has 5 nitrogen and oxygen atoms in total. The van der Waals surface area contributed by atoms with Crippen LogP contribution in [-0.4, -0.2) is 56.2 Å². The van der Waals surface area contributed by atoms with E-state index >= 15 is 0 Å². The Balaban J connectivity index is 0.00000385. The summed E-state index contributed by atoms with van der Waals surface area (Å²) in [5.74, 6) is -0.0850. The quantitative estimate of drug-likeness (QED) is 0.305. The number of halogens is 1. The van der Waals surface area contributed by atoms with E-state index in [0.29, 0.717) is 12.2 Å². The van der Waals surface area contributed by atoms with Gasteiger partial charge in [0, 0.05) is 31.1 Å². The van der Waals surface area contributed by atoms with E-state index in [-0.39, 0.29) is 22.9 Å². The van der Waals surface area contributed by atoms with Crippen LogP contribution in [0.1, 0.15) is 61.9 Å². The lowest BCUT2D eigenvalue weighted by molar-refractivity contribution is -0.885. The van der Waals surface area contributed by atoms with E-state index in [1.54, 1.807) is 5.57 Å². The molecule has 0 saturated heterocycles. The van der Waals surface area contributed by atoms with Crippen molar-refractivity contribution in [1.82, 2.24) is 10.3 Å². The molecule has 0 atom stereocenters. The maximum atomic E-state index is 12.6. The lowest BCUT2D eigenvalue weighted by Crippen LogP contribution is -3.00. The van der Waals surface area contributed by atoms with Crippen molar-refractivity contribution in [3.8, 4) is 0 Å². The predicted octanol–water partition coefficient (Wildman–Crippen LogP) is 2.78. The number of para-hydroxylation sites is 1. The van der Waals surface area contributed by atoms with Crippen molar-refractivity contribution < 1.29 is 26.3 Å². The van der Waals surface area contributed by atoms with Gasteiger partial charge >= 0.3 is 0 Å². The largest absolute Gasteiger partial charge is 1.00 e. The Kier molecular flexibility index (Phi) is 11.6. The zero-order chi connectivity index (χ0) is 22.8. The van der Waals surface area contributed by atoms with Crippen molar-refractivity contribution in [1.29, 1.82) is 0 Å². The minimum Gasteiger partial charge on any atom is -1.00 e. The summed E-state index contributed by atoms with van der Waals surface area (Å²) in [4.78, 5) is 19.1. The number of nitrogens with one attached hydrogen (secondary N) is 1. The zero-order valence-corrected chi connectivity index (χ0v) is 22.8. The number of anilines is 2. The van der Waals surface area contributed by atoms with Gasteiger partial charge in [-0.3, -0.25) is 4.79 Å². The second-order valence-corrected chi connectivity index (χ2v) is 10.3. The molecule has 7 heteroatoms. The molecule has 0 saturated carbocycles. The summed E-state index contributed by atoms with van der Waals surface area (Å²) in [6.07, 6.45) is 12.8. The highest BCUT2D eigenvalue weighted by atomic mass is 79.9. The molecule has 0 unspecified atom stereocenters. The number of carbonyl (C=O) groups is 1. The summed E-state index contributed by atoms with van der Waals surface area (Å²) in [5.41, 5.74) is 3.18. The number of hydrogen-bond acceptors (Lipinski definition) is 4. The molecule has 33 heavy (non-hydrogen) atoms. The van der Waals surface area contributed by atoms with Gasteiger partial charge in [-0.25, -0.2) is 4.98 Å². The second-order valence-electron chi connectivity index (χ2n) is 9.51. The van der Waals surface area contributed by atoms with Crippen LogP contribution < -0.4 is 27.2 Å². The molecule has 1 aliphatic rings. The van der Waals surface area contributed by atoms with Crippen molar-refractivity contribution in [3.05, 3.63) is 53.1 Å². The third-order valence-electron chi connectivity index (χ3n) is 6.15. The molecule has 1 heterocycles. The Morgan fingerprint density at radius 1 is 1.12 bits per heavy atom. The van der Waals surface area contributed by atoms with Crippen LogP contribution >= 0.6 is 11.3 Å². The van der Waals surface area contributed by atoms with Crippen molar-refractivity contribution in [2.45, 2.75) is 51.4 Å². The number of carbonyl (C=O) groups excluding carboxylic acids is 1. The standard InChI is InChI=1S/C26H38N4OS.BrH/c1-29(23-16-11-8-12-17-23)26-28-24(21-32-26)25(31)27-18-13-19-30(2,3)20-22-14-9-6-4-5-7-10-15-22;/h8,11-12,14,16-17,21H,4-7,9-10,13,15,18-20H2,1-3H3;1H/b22-14+;. The summed E-state index contributed by atoms with van der Waals surface area (Å²) in [7, 11) is 6.59. The second kappa shape index (κ2) is 13.9. The van der Waals surface area contributed by atoms with E-state index in [0.717, 1.165) is 34.8 Å². The topological polar surface area (TPSA) is 45.2 Å². The van der Waals surface area contributed by atoms with Gasteiger partial charge in [-0.05, 0) is 43.4 Å². The van der Waals surface area contributed by atoms with Gasteiger partial charge in [0.1, 0.15) is 5.69 Å². The fraction of sp³-hybridized carbons (Fsp3) is 0.538. The molecule has 1 aromatic heterocycles. The Bertz CT molecular complexity index is 881. The fourth-order valence-electron chi connectivity index (χ4n) is 4.29. The summed E-state index contributed by atoms with van der Waals surface area (Å²) in [5, 5.41) is 5.72. The number of hydrogen-bond donors (Lipinski definition) is 1. The first-order valence-electron chi connectivity index (χ1n) is 12.0. The highest BCUT2D eigenvalue weighted by Gasteiger charge is 2.18. The highest BCUT2D eigenvalue weighted by molar-refractivity contribution is 7.14. The van der Waals surface area contributed by atoms with E-state index in [1.807, 2.05) is 47.7 Å². The van der Waals surface area contributed by atoms with Gasteiger partial charge in [-0.1, -0.05) is 43.5 Å². The van der Waals surface area contributed by atoms with Crippen LogP contribution in [0.2, 0.25) is 0 Å². The number of amides is 1. The average Bonchev–Trinajstić information content (AvgIpc) is 3.31. The number of thiazole rings is 1. The monoisotopic (exact) mass is 534 g/mol. The molecule has 2 aromatic rings. The molecular weight excluding hydrogens is 496 g/mol. The van der Waals surface area contributed by atoms with Crippen molar-refractivity contribution in [2.75, 3.05) is 45.7 Å². The predicted molar refractivity (Wildman–Crippen MR) is 136 cm³/mol. The smallest absolute Gasteiger partial charge is 0.270 e. The number of allylic oxidation sites excluding steroid dienone is 1. The Hall–Kier alpha value is -1.70. The molecule has 1 amide bonds. The van der Waals surface area contributed by atoms with E-state index in [9.17, 15) is 4.79 Å². The molecule has 0 aliphatic heterocycles. The molecule has 182 valence electrons. The SMILES string of the molecule is CN(c1ccccc1)c1nc(C(=O)NCCC[N+](C)(C)C/C2=C/CCCCCCC2)cs1.[Br-]. The number of benzene rings is 1. The Morgan fingerprint density at radius 3 is 2.64 bits per heavy atom. The molecular formula is C26H39BrN4OS. The van der Waals surface area contributed by atoms with Crippen molar-refractivity contribution >= 4 is 28.1 Å². The number of likely N-dealkylation sites (N-methyl/N-ethyl adjacent to an activating group) is 1. The Morgan fingerprint density at radius 2 is 1.85 bits per heavy atom.